The number of piperazine rings is 1. The summed E-state index contributed by atoms with van der Waals surface area (Å²) in [6.45, 7) is 3.91. The fraction of sp³-hybridized carbons (Fsp3) is 0.350. The van der Waals surface area contributed by atoms with E-state index >= 15 is 0 Å². The summed E-state index contributed by atoms with van der Waals surface area (Å²) in [5, 5.41) is 9.63. The number of aryl methyl sites for hydroxylation is 1. The molecule has 0 unspecified atom stereocenters. The second-order valence-electron chi connectivity index (χ2n) is 6.90. The number of carbonyl (C=O) groups is 1. The molecule has 1 N–H and O–H groups in total. The molecular weight excluding hydrogens is 380 g/mol. The summed E-state index contributed by atoms with van der Waals surface area (Å²) >= 11 is 0. The number of benzene rings is 2. The molecular formula is C20H24N2O5S. The maximum Gasteiger partial charge on any atom is 0.339 e. The molecule has 2 aromatic carbocycles. The number of hydrogen-bond acceptors (Lipinski definition) is 5. The summed E-state index contributed by atoms with van der Waals surface area (Å²) < 4.78 is 33.1. The molecule has 1 heterocycles. The zero-order valence-corrected chi connectivity index (χ0v) is 16.8. The van der Waals surface area contributed by atoms with Crippen LogP contribution in [0.4, 0.5) is 0 Å². The van der Waals surface area contributed by atoms with Crippen LogP contribution in [0.5, 0.6) is 5.75 Å². The van der Waals surface area contributed by atoms with Gasteiger partial charge in [-0.25, -0.2) is 13.2 Å². The van der Waals surface area contributed by atoms with Crippen molar-refractivity contribution >= 4 is 16.0 Å². The molecule has 1 saturated heterocycles. The Labute approximate surface area is 165 Å². The van der Waals surface area contributed by atoms with Crippen molar-refractivity contribution in [3.8, 4) is 5.75 Å². The van der Waals surface area contributed by atoms with Gasteiger partial charge in [-0.05, 0) is 37.2 Å². The van der Waals surface area contributed by atoms with Gasteiger partial charge in [-0.3, -0.25) is 0 Å². The lowest BCUT2D eigenvalue weighted by Crippen LogP contribution is -2.47. The first kappa shape index (κ1) is 20.3. The first-order valence-corrected chi connectivity index (χ1v) is 10.5. The van der Waals surface area contributed by atoms with Crippen LogP contribution in [0, 0.1) is 6.92 Å². The van der Waals surface area contributed by atoms with E-state index in [-0.39, 0.29) is 22.8 Å². The van der Waals surface area contributed by atoms with E-state index in [1.807, 2.05) is 37.4 Å². The Balaban J connectivity index is 1.91. The summed E-state index contributed by atoms with van der Waals surface area (Å²) in [7, 11) is -1.82. The first-order chi connectivity index (χ1) is 13.3. The Kier molecular flexibility index (Phi) is 6.02. The van der Waals surface area contributed by atoms with Crippen molar-refractivity contribution in [3.63, 3.8) is 0 Å². The van der Waals surface area contributed by atoms with Crippen LogP contribution >= 0.6 is 0 Å². The Morgan fingerprint density at radius 1 is 1.11 bits per heavy atom. The van der Waals surface area contributed by atoms with Crippen LogP contribution in [-0.2, 0) is 16.6 Å². The molecule has 7 nitrogen and oxygen atoms in total. The Hall–Kier alpha value is -2.42. The van der Waals surface area contributed by atoms with Crippen LogP contribution in [0.3, 0.4) is 0 Å². The number of hydrogen-bond donors (Lipinski definition) is 1. The Morgan fingerprint density at radius 2 is 1.75 bits per heavy atom. The number of ether oxygens (including phenoxy) is 1. The third-order valence-corrected chi connectivity index (χ3v) is 6.68. The SMILES string of the molecule is Cc1cc(S(=O)(=O)N2CCN(C)CC2)cc(C(=O)O)c1OCc1ccccc1. The second kappa shape index (κ2) is 8.30. The molecule has 0 bridgehead atoms. The molecule has 0 aromatic heterocycles. The van der Waals surface area contributed by atoms with E-state index in [4.69, 9.17) is 4.74 Å². The minimum Gasteiger partial charge on any atom is -0.488 e. The molecule has 1 aliphatic heterocycles. The molecule has 3 rings (SSSR count). The summed E-state index contributed by atoms with van der Waals surface area (Å²) in [4.78, 5) is 13.8. The quantitative estimate of drug-likeness (QED) is 0.794. The van der Waals surface area contributed by atoms with E-state index in [1.165, 1.54) is 16.4 Å². The van der Waals surface area contributed by atoms with Crippen molar-refractivity contribution in [1.82, 2.24) is 9.21 Å². The lowest BCUT2D eigenvalue weighted by molar-refractivity contribution is 0.0691. The molecule has 8 heteroatoms. The van der Waals surface area contributed by atoms with Gasteiger partial charge in [0, 0.05) is 26.2 Å². The molecule has 1 aliphatic rings. The van der Waals surface area contributed by atoms with Gasteiger partial charge in [0.1, 0.15) is 17.9 Å². The zero-order valence-electron chi connectivity index (χ0n) is 16.0. The Bertz CT molecular complexity index is 952. The molecule has 0 radical (unpaired) electrons. The van der Waals surface area contributed by atoms with Crippen LogP contribution in [0.25, 0.3) is 0 Å². The van der Waals surface area contributed by atoms with Gasteiger partial charge in [0.2, 0.25) is 10.0 Å². The standard InChI is InChI=1S/C20H24N2O5S/c1-15-12-17(28(25,26)22-10-8-21(2)9-11-22)13-18(20(23)24)19(15)27-14-16-6-4-3-5-7-16/h3-7,12-13H,8-11,14H2,1-2H3,(H,23,24). The number of aromatic carboxylic acids is 1. The lowest BCUT2D eigenvalue weighted by Gasteiger charge is -2.31. The largest absolute Gasteiger partial charge is 0.488 e. The highest BCUT2D eigenvalue weighted by Gasteiger charge is 2.29. The maximum atomic E-state index is 13.0. The van der Waals surface area contributed by atoms with Crippen LogP contribution in [0.2, 0.25) is 0 Å². The number of nitrogens with zero attached hydrogens (tertiary/aromatic N) is 2. The first-order valence-electron chi connectivity index (χ1n) is 9.02. The molecule has 28 heavy (non-hydrogen) atoms. The van der Waals surface area contributed by atoms with E-state index < -0.39 is 16.0 Å². The molecule has 0 saturated carbocycles. The zero-order chi connectivity index (χ0) is 20.3. The van der Waals surface area contributed by atoms with Gasteiger partial charge < -0.3 is 14.7 Å². The molecule has 1 fully saturated rings. The highest BCUT2D eigenvalue weighted by Crippen LogP contribution is 2.30. The monoisotopic (exact) mass is 404 g/mol. The van der Waals surface area contributed by atoms with Gasteiger partial charge in [-0.15, -0.1) is 0 Å². The van der Waals surface area contributed by atoms with Crippen molar-refractivity contribution in [2.24, 2.45) is 0 Å². The fourth-order valence-corrected chi connectivity index (χ4v) is 4.68. The van der Waals surface area contributed by atoms with Crippen molar-refractivity contribution in [2.75, 3.05) is 33.2 Å². The van der Waals surface area contributed by atoms with E-state index in [0.29, 0.717) is 31.7 Å². The summed E-state index contributed by atoms with van der Waals surface area (Å²) in [5.41, 5.74) is 1.22. The van der Waals surface area contributed by atoms with Crippen molar-refractivity contribution < 1.29 is 23.1 Å². The topological polar surface area (TPSA) is 87.2 Å². The van der Waals surface area contributed by atoms with E-state index in [9.17, 15) is 18.3 Å². The van der Waals surface area contributed by atoms with Crippen LogP contribution in [0.15, 0.2) is 47.4 Å². The number of carboxylic acids is 1. The van der Waals surface area contributed by atoms with Gasteiger partial charge in [-0.1, -0.05) is 30.3 Å². The number of sulfonamides is 1. The number of rotatable bonds is 6. The summed E-state index contributed by atoms with van der Waals surface area (Å²) in [5.74, 6) is -1.03. The average Bonchev–Trinajstić information content (AvgIpc) is 2.67. The molecule has 0 amide bonds. The van der Waals surface area contributed by atoms with Gasteiger partial charge in [0.15, 0.2) is 0 Å². The minimum absolute atomic E-state index is 0.0148. The van der Waals surface area contributed by atoms with E-state index in [1.54, 1.807) is 6.92 Å². The maximum absolute atomic E-state index is 13.0. The van der Waals surface area contributed by atoms with Crippen molar-refractivity contribution in [1.29, 1.82) is 0 Å². The minimum atomic E-state index is -3.76. The van der Waals surface area contributed by atoms with Gasteiger partial charge in [0.25, 0.3) is 0 Å². The van der Waals surface area contributed by atoms with Crippen molar-refractivity contribution in [3.05, 3.63) is 59.2 Å². The fourth-order valence-electron chi connectivity index (χ4n) is 3.15. The lowest BCUT2D eigenvalue weighted by atomic mass is 10.1. The third kappa shape index (κ3) is 4.35. The van der Waals surface area contributed by atoms with Crippen LogP contribution in [-0.4, -0.2) is 61.9 Å². The van der Waals surface area contributed by atoms with Crippen molar-refractivity contribution in [2.45, 2.75) is 18.4 Å². The molecule has 150 valence electrons. The third-order valence-electron chi connectivity index (χ3n) is 4.80. The number of likely N-dealkylation sites (N-methyl/N-ethyl adjacent to an activating group) is 1. The highest BCUT2D eigenvalue weighted by molar-refractivity contribution is 7.89. The predicted octanol–water partition coefficient (Wildman–Crippen LogP) is 2.21. The normalized spacial score (nSPS) is 16.1. The van der Waals surface area contributed by atoms with E-state index in [2.05, 4.69) is 4.90 Å². The molecule has 0 aliphatic carbocycles. The predicted molar refractivity (Wildman–Crippen MR) is 105 cm³/mol. The average molecular weight is 404 g/mol. The highest BCUT2D eigenvalue weighted by atomic mass is 32.2. The molecule has 0 atom stereocenters. The van der Waals surface area contributed by atoms with Gasteiger partial charge >= 0.3 is 5.97 Å². The smallest absolute Gasteiger partial charge is 0.339 e. The molecule has 0 spiro atoms. The second-order valence-corrected chi connectivity index (χ2v) is 8.84. The van der Waals surface area contributed by atoms with Crippen LogP contribution in [0.1, 0.15) is 21.5 Å². The van der Waals surface area contributed by atoms with Gasteiger partial charge in [-0.2, -0.15) is 4.31 Å². The summed E-state index contributed by atoms with van der Waals surface area (Å²) in [6.07, 6.45) is 0. The van der Waals surface area contributed by atoms with Crippen LogP contribution < -0.4 is 4.74 Å². The Morgan fingerprint density at radius 3 is 2.36 bits per heavy atom. The molecule has 2 aromatic rings. The summed E-state index contributed by atoms with van der Waals surface area (Å²) in [6, 6.07) is 12.1. The number of carboxylic acid groups (broad SMARTS) is 1. The van der Waals surface area contributed by atoms with Gasteiger partial charge in [0.05, 0.1) is 4.90 Å². The van der Waals surface area contributed by atoms with E-state index in [0.717, 1.165) is 5.56 Å².